The molecule has 4 rings (SSSR count). The van der Waals surface area contributed by atoms with E-state index in [0.717, 1.165) is 61.1 Å². The van der Waals surface area contributed by atoms with Crippen molar-refractivity contribution in [1.29, 1.82) is 0 Å². The third-order valence-electron chi connectivity index (χ3n) is 5.46. The molecule has 0 aromatic heterocycles. The van der Waals surface area contributed by atoms with Gasteiger partial charge in [-0.05, 0) is 30.3 Å². The molecule has 2 N–H and O–H groups in total. The van der Waals surface area contributed by atoms with Crippen LogP contribution in [0.4, 0.5) is 10.1 Å². The number of para-hydroxylation sites is 1. The first-order valence-electron chi connectivity index (χ1n) is 10.1. The molecule has 2 aliphatic heterocycles. The van der Waals surface area contributed by atoms with Crippen molar-refractivity contribution in [3.63, 3.8) is 0 Å². The van der Waals surface area contributed by atoms with Crippen molar-refractivity contribution in [2.45, 2.75) is 17.7 Å². The lowest BCUT2D eigenvalue weighted by Crippen LogP contribution is -3.15. The Morgan fingerprint density at radius 2 is 1.97 bits per heavy atom. The number of hydrogen-bond acceptors (Lipinski definition) is 4. The summed E-state index contributed by atoms with van der Waals surface area (Å²) in [6, 6.07) is 15.2. The molecular formula is C22H26FN4OS+. The molecule has 1 saturated heterocycles. The van der Waals surface area contributed by atoms with Gasteiger partial charge in [-0.15, -0.1) is 11.8 Å². The van der Waals surface area contributed by atoms with Crippen LogP contribution in [-0.4, -0.2) is 50.1 Å². The van der Waals surface area contributed by atoms with E-state index >= 15 is 0 Å². The second kappa shape index (κ2) is 9.41. The smallest absolute Gasteiger partial charge is 0.245 e. The summed E-state index contributed by atoms with van der Waals surface area (Å²) in [4.78, 5) is 17.1. The van der Waals surface area contributed by atoms with E-state index in [0.29, 0.717) is 6.42 Å². The number of thioether (sulfide) groups is 1. The first-order valence-corrected chi connectivity index (χ1v) is 11.1. The summed E-state index contributed by atoms with van der Waals surface area (Å²) in [5.41, 5.74) is 5.50. The van der Waals surface area contributed by atoms with Crippen LogP contribution in [0.5, 0.6) is 0 Å². The van der Waals surface area contributed by atoms with Crippen LogP contribution in [-0.2, 0) is 4.79 Å². The first kappa shape index (κ1) is 19.9. The number of hydrazone groups is 1. The number of carbonyl (C=O) groups excluding carboxylic acids is 1. The number of carbonyl (C=O) groups is 1. The molecule has 2 aromatic carbocycles. The maximum absolute atomic E-state index is 13.6. The highest BCUT2D eigenvalue weighted by Gasteiger charge is 2.21. The SMILES string of the molecule is O=C(CC[NH+]1CCN(c2ccccc2)CC1)N/N=C1/CCSc2ccc(F)cc21. The summed E-state index contributed by atoms with van der Waals surface area (Å²) < 4.78 is 13.6. The molecule has 0 spiro atoms. The number of benzene rings is 2. The number of amides is 1. The summed E-state index contributed by atoms with van der Waals surface area (Å²) in [7, 11) is 0. The maximum atomic E-state index is 13.6. The molecule has 152 valence electrons. The summed E-state index contributed by atoms with van der Waals surface area (Å²) in [6.07, 6.45) is 1.18. The molecule has 7 heteroatoms. The molecule has 0 bridgehead atoms. The van der Waals surface area contributed by atoms with Gasteiger partial charge in [0.15, 0.2) is 0 Å². The number of quaternary nitrogens is 1. The Balaban J connectivity index is 1.24. The van der Waals surface area contributed by atoms with Crippen molar-refractivity contribution in [3.05, 3.63) is 59.9 Å². The molecular weight excluding hydrogens is 387 g/mol. The molecule has 0 radical (unpaired) electrons. The van der Waals surface area contributed by atoms with Gasteiger partial charge in [0.2, 0.25) is 5.91 Å². The number of hydrogen-bond donors (Lipinski definition) is 2. The van der Waals surface area contributed by atoms with E-state index in [9.17, 15) is 9.18 Å². The van der Waals surface area contributed by atoms with Gasteiger partial charge in [-0.25, -0.2) is 9.82 Å². The fourth-order valence-corrected chi connectivity index (χ4v) is 4.82. The van der Waals surface area contributed by atoms with Gasteiger partial charge in [0.25, 0.3) is 0 Å². The molecule has 1 amide bonds. The summed E-state index contributed by atoms with van der Waals surface area (Å²) in [5, 5.41) is 4.30. The normalized spacial score (nSPS) is 18.5. The van der Waals surface area contributed by atoms with Crippen molar-refractivity contribution in [2.75, 3.05) is 43.4 Å². The Morgan fingerprint density at radius 3 is 2.76 bits per heavy atom. The Bertz CT molecular complexity index is 882. The van der Waals surface area contributed by atoms with E-state index in [1.807, 2.05) is 6.07 Å². The van der Waals surface area contributed by atoms with Crippen LogP contribution in [0, 0.1) is 5.82 Å². The quantitative estimate of drug-likeness (QED) is 0.737. The van der Waals surface area contributed by atoms with E-state index in [1.54, 1.807) is 17.8 Å². The average molecular weight is 414 g/mol. The largest absolute Gasteiger partial charge is 0.360 e. The lowest BCUT2D eigenvalue weighted by Gasteiger charge is -2.33. The Labute approximate surface area is 175 Å². The highest BCUT2D eigenvalue weighted by Crippen LogP contribution is 2.30. The van der Waals surface area contributed by atoms with Crippen LogP contribution >= 0.6 is 11.8 Å². The molecule has 0 aliphatic carbocycles. The fraction of sp³-hybridized carbons (Fsp3) is 0.364. The third kappa shape index (κ3) is 5.16. The van der Waals surface area contributed by atoms with Crippen molar-refractivity contribution in [2.24, 2.45) is 5.10 Å². The van der Waals surface area contributed by atoms with Gasteiger partial charge in [0, 0.05) is 28.3 Å². The predicted molar refractivity (Wildman–Crippen MR) is 115 cm³/mol. The van der Waals surface area contributed by atoms with Crippen molar-refractivity contribution >= 4 is 29.1 Å². The topological polar surface area (TPSA) is 49.1 Å². The van der Waals surface area contributed by atoms with Gasteiger partial charge in [-0.3, -0.25) is 4.79 Å². The average Bonchev–Trinajstić information content (AvgIpc) is 2.77. The second-order valence-electron chi connectivity index (χ2n) is 7.41. The molecule has 2 heterocycles. The second-order valence-corrected chi connectivity index (χ2v) is 8.54. The lowest BCUT2D eigenvalue weighted by atomic mass is 10.1. The minimum Gasteiger partial charge on any atom is -0.360 e. The summed E-state index contributed by atoms with van der Waals surface area (Å²) >= 11 is 1.70. The van der Waals surface area contributed by atoms with Gasteiger partial charge in [0.05, 0.1) is 44.9 Å². The van der Waals surface area contributed by atoms with Gasteiger partial charge < -0.3 is 9.80 Å². The Kier molecular flexibility index (Phi) is 6.46. The molecule has 2 aromatic rings. The molecule has 29 heavy (non-hydrogen) atoms. The van der Waals surface area contributed by atoms with E-state index in [4.69, 9.17) is 0 Å². The van der Waals surface area contributed by atoms with Gasteiger partial charge >= 0.3 is 0 Å². The molecule has 0 atom stereocenters. The third-order valence-corrected chi connectivity index (χ3v) is 6.54. The van der Waals surface area contributed by atoms with Gasteiger partial charge in [-0.1, -0.05) is 18.2 Å². The molecule has 5 nitrogen and oxygen atoms in total. The van der Waals surface area contributed by atoms with E-state index in [2.05, 4.69) is 39.7 Å². The Hall–Kier alpha value is -2.38. The number of halogens is 1. The van der Waals surface area contributed by atoms with Crippen LogP contribution in [0.1, 0.15) is 18.4 Å². The van der Waals surface area contributed by atoms with Crippen LogP contribution in [0.15, 0.2) is 58.5 Å². The van der Waals surface area contributed by atoms with Crippen molar-refractivity contribution in [3.8, 4) is 0 Å². The van der Waals surface area contributed by atoms with E-state index in [-0.39, 0.29) is 11.7 Å². The lowest BCUT2D eigenvalue weighted by molar-refractivity contribution is -0.900. The molecule has 2 aliphatic rings. The monoisotopic (exact) mass is 413 g/mol. The van der Waals surface area contributed by atoms with E-state index in [1.165, 1.54) is 22.7 Å². The zero-order valence-corrected chi connectivity index (χ0v) is 17.2. The van der Waals surface area contributed by atoms with E-state index < -0.39 is 0 Å². The molecule has 0 unspecified atom stereocenters. The number of nitrogens with zero attached hydrogens (tertiary/aromatic N) is 2. The summed E-state index contributed by atoms with van der Waals surface area (Å²) in [6.45, 7) is 4.87. The number of anilines is 1. The first-order chi connectivity index (χ1) is 14.2. The number of nitrogens with one attached hydrogen (secondary N) is 2. The highest BCUT2D eigenvalue weighted by molar-refractivity contribution is 7.99. The zero-order chi connectivity index (χ0) is 20.1. The minimum atomic E-state index is -0.275. The predicted octanol–water partition coefficient (Wildman–Crippen LogP) is 1.94. The molecule has 1 fully saturated rings. The van der Waals surface area contributed by atoms with Crippen LogP contribution < -0.4 is 15.2 Å². The van der Waals surface area contributed by atoms with Crippen LogP contribution in [0.2, 0.25) is 0 Å². The van der Waals surface area contributed by atoms with Gasteiger partial charge in [0.1, 0.15) is 5.82 Å². The van der Waals surface area contributed by atoms with Gasteiger partial charge in [-0.2, -0.15) is 5.10 Å². The number of piperazine rings is 1. The number of rotatable bonds is 5. The fourth-order valence-electron chi connectivity index (χ4n) is 3.81. The van der Waals surface area contributed by atoms with Crippen molar-refractivity contribution in [1.82, 2.24) is 5.43 Å². The maximum Gasteiger partial charge on any atom is 0.245 e. The Morgan fingerprint density at radius 1 is 1.17 bits per heavy atom. The standard InChI is InChI=1S/C22H25FN4OS/c23-17-6-7-21-19(16-17)20(9-15-29-21)24-25-22(28)8-10-26-11-13-27(14-12-26)18-4-2-1-3-5-18/h1-7,16H,8-15H2,(H,25,28)/p+1/b24-20-. The van der Waals surface area contributed by atoms with Crippen LogP contribution in [0.3, 0.4) is 0 Å². The minimum absolute atomic E-state index is 0.0772. The van der Waals surface area contributed by atoms with Crippen LogP contribution in [0.25, 0.3) is 0 Å². The zero-order valence-electron chi connectivity index (χ0n) is 16.4. The molecule has 0 saturated carbocycles. The number of fused-ring (bicyclic) bond motifs is 1. The highest BCUT2D eigenvalue weighted by atomic mass is 32.2. The summed E-state index contributed by atoms with van der Waals surface area (Å²) in [5.74, 6) is 0.540. The van der Waals surface area contributed by atoms with Crippen molar-refractivity contribution < 1.29 is 14.1 Å².